The van der Waals surface area contributed by atoms with E-state index >= 15 is 0 Å². The zero-order chi connectivity index (χ0) is 18.0. The number of nitrogens with zero attached hydrogens (tertiary/aromatic N) is 1. The number of hydrogen-bond acceptors (Lipinski definition) is 4. The Morgan fingerprint density at radius 2 is 1.62 bits per heavy atom. The van der Waals surface area contributed by atoms with Crippen LogP contribution in [0, 0.1) is 5.41 Å². The maximum Gasteiger partial charge on any atom is 0.242 e. The van der Waals surface area contributed by atoms with Gasteiger partial charge in [0.15, 0.2) is 0 Å². The lowest BCUT2D eigenvalue weighted by Gasteiger charge is -2.27. The molecule has 0 aliphatic rings. The van der Waals surface area contributed by atoms with Gasteiger partial charge in [-0.15, -0.1) is 12.4 Å². The zero-order valence-electron chi connectivity index (χ0n) is 15.0. The number of nitrogens with two attached hydrogens (primary N) is 1. The summed E-state index contributed by atoms with van der Waals surface area (Å²) >= 11 is 0. The number of carbonyl (C=O) groups is 1. The van der Waals surface area contributed by atoms with Gasteiger partial charge >= 0.3 is 0 Å². The van der Waals surface area contributed by atoms with E-state index in [1.807, 2.05) is 27.7 Å². The quantitative estimate of drug-likeness (QED) is 0.819. The van der Waals surface area contributed by atoms with Crippen molar-refractivity contribution in [3.63, 3.8) is 0 Å². The van der Waals surface area contributed by atoms with Crippen molar-refractivity contribution in [3.05, 3.63) is 29.8 Å². The molecule has 0 aliphatic heterocycles. The van der Waals surface area contributed by atoms with Gasteiger partial charge in [-0.05, 0) is 30.0 Å². The minimum absolute atomic E-state index is 0. The summed E-state index contributed by atoms with van der Waals surface area (Å²) in [4.78, 5) is 12.4. The summed E-state index contributed by atoms with van der Waals surface area (Å²) < 4.78 is 25.2. The second-order valence-corrected chi connectivity index (χ2v) is 9.08. The van der Waals surface area contributed by atoms with Crippen molar-refractivity contribution in [2.75, 3.05) is 14.1 Å². The lowest BCUT2D eigenvalue weighted by atomic mass is 9.86. The van der Waals surface area contributed by atoms with Crippen LogP contribution in [0.25, 0.3) is 0 Å². The third-order valence-electron chi connectivity index (χ3n) is 3.73. The Kier molecular flexibility index (Phi) is 7.89. The summed E-state index contributed by atoms with van der Waals surface area (Å²) in [5, 5.41) is 2.86. The van der Waals surface area contributed by atoms with Gasteiger partial charge in [-0.1, -0.05) is 32.9 Å². The Hall–Kier alpha value is -1.15. The predicted octanol–water partition coefficient (Wildman–Crippen LogP) is 1.91. The van der Waals surface area contributed by atoms with E-state index < -0.39 is 16.1 Å². The average molecular weight is 378 g/mol. The smallest absolute Gasteiger partial charge is 0.242 e. The predicted molar refractivity (Wildman–Crippen MR) is 98.6 cm³/mol. The van der Waals surface area contributed by atoms with Gasteiger partial charge in [-0.3, -0.25) is 4.79 Å². The number of sulfonamides is 1. The number of benzene rings is 1. The van der Waals surface area contributed by atoms with E-state index in [2.05, 4.69) is 5.32 Å². The molecular weight excluding hydrogens is 350 g/mol. The minimum atomic E-state index is -3.45. The van der Waals surface area contributed by atoms with Crippen molar-refractivity contribution >= 4 is 28.3 Å². The van der Waals surface area contributed by atoms with Gasteiger partial charge in [0.2, 0.25) is 15.9 Å². The van der Waals surface area contributed by atoms with Gasteiger partial charge < -0.3 is 11.1 Å². The van der Waals surface area contributed by atoms with Gasteiger partial charge in [0.1, 0.15) is 0 Å². The maximum absolute atomic E-state index is 12.2. The van der Waals surface area contributed by atoms with E-state index in [-0.39, 0.29) is 34.7 Å². The molecule has 3 N–H and O–H groups in total. The summed E-state index contributed by atoms with van der Waals surface area (Å²) in [7, 11) is -0.477. The van der Waals surface area contributed by atoms with Crippen molar-refractivity contribution in [1.82, 2.24) is 9.62 Å². The molecule has 8 heteroatoms. The molecule has 0 saturated carbocycles. The number of carbonyl (C=O) groups excluding carboxylic acids is 1. The molecule has 0 heterocycles. The molecule has 2 atom stereocenters. The Balaban J connectivity index is 0.00000529. The fourth-order valence-electron chi connectivity index (χ4n) is 1.92. The summed E-state index contributed by atoms with van der Waals surface area (Å²) in [6.07, 6.45) is 0. The molecule has 1 unspecified atom stereocenters. The molecule has 1 aromatic carbocycles. The van der Waals surface area contributed by atoms with E-state index in [4.69, 9.17) is 5.73 Å². The zero-order valence-corrected chi connectivity index (χ0v) is 16.7. The largest absolute Gasteiger partial charge is 0.348 e. The van der Waals surface area contributed by atoms with Crippen LogP contribution < -0.4 is 11.1 Å². The highest BCUT2D eigenvalue weighted by atomic mass is 35.5. The van der Waals surface area contributed by atoms with Crippen LogP contribution in [-0.4, -0.2) is 38.8 Å². The summed E-state index contributed by atoms with van der Waals surface area (Å²) in [6, 6.07) is 5.60. The second-order valence-electron chi connectivity index (χ2n) is 6.93. The molecule has 0 fully saturated rings. The summed E-state index contributed by atoms with van der Waals surface area (Å²) in [6.45, 7) is 7.55. The van der Waals surface area contributed by atoms with E-state index in [9.17, 15) is 13.2 Å². The number of amides is 1. The first kappa shape index (κ1) is 22.9. The molecule has 0 aliphatic carbocycles. The van der Waals surface area contributed by atoms with Crippen LogP contribution >= 0.6 is 12.4 Å². The van der Waals surface area contributed by atoms with Crippen molar-refractivity contribution in [2.24, 2.45) is 11.1 Å². The van der Waals surface area contributed by atoms with Crippen LogP contribution in [0.15, 0.2) is 29.2 Å². The van der Waals surface area contributed by atoms with E-state index in [1.54, 1.807) is 12.1 Å². The maximum atomic E-state index is 12.2. The molecule has 24 heavy (non-hydrogen) atoms. The lowest BCUT2D eigenvalue weighted by molar-refractivity contribution is -0.125. The van der Waals surface area contributed by atoms with Gasteiger partial charge in [0.25, 0.3) is 0 Å². The Morgan fingerprint density at radius 1 is 1.17 bits per heavy atom. The topological polar surface area (TPSA) is 92.5 Å². The minimum Gasteiger partial charge on any atom is -0.348 e. The fraction of sp³-hybridized carbons (Fsp3) is 0.562. The molecule has 0 radical (unpaired) electrons. The SMILES string of the molecule is CC(NC(=O)[C@@H](N)C(C)(C)C)c1ccc(S(=O)(=O)N(C)C)cc1.Cl. The van der Waals surface area contributed by atoms with Crippen molar-refractivity contribution in [1.29, 1.82) is 0 Å². The average Bonchev–Trinajstić information content (AvgIpc) is 2.45. The Morgan fingerprint density at radius 3 is 2.00 bits per heavy atom. The monoisotopic (exact) mass is 377 g/mol. The van der Waals surface area contributed by atoms with E-state index in [1.165, 1.54) is 26.2 Å². The highest BCUT2D eigenvalue weighted by molar-refractivity contribution is 7.89. The van der Waals surface area contributed by atoms with Crippen LogP contribution in [-0.2, 0) is 14.8 Å². The van der Waals surface area contributed by atoms with E-state index in [0.717, 1.165) is 9.87 Å². The molecule has 138 valence electrons. The molecule has 0 spiro atoms. The highest BCUT2D eigenvalue weighted by Crippen LogP contribution is 2.20. The van der Waals surface area contributed by atoms with Gasteiger partial charge in [0, 0.05) is 14.1 Å². The number of nitrogens with one attached hydrogen (secondary N) is 1. The third kappa shape index (κ3) is 5.44. The molecule has 1 rings (SSSR count). The summed E-state index contributed by atoms with van der Waals surface area (Å²) in [5.41, 5.74) is 6.43. The second kappa shape index (κ2) is 8.29. The van der Waals surface area contributed by atoms with Crippen LogP contribution in [0.1, 0.15) is 39.3 Å². The van der Waals surface area contributed by atoms with Crippen LogP contribution in [0.5, 0.6) is 0 Å². The molecule has 1 aromatic rings. The van der Waals surface area contributed by atoms with Crippen LogP contribution in [0.2, 0.25) is 0 Å². The summed E-state index contributed by atoms with van der Waals surface area (Å²) in [5.74, 6) is -0.227. The van der Waals surface area contributed by atoms with E-state index in [0.29, 0.717) is 0 Å². The first-order valence-electron chi connectivity index (χ1n) is 7.46. The number of halogens is 1. The van der Waals surface area contributed by atoms with Crippen molar-refractivity contribution in [3.8, 4) is 0 Å². The molecule has 0 aromatic heterocycles. The number of hydrogen-bond donors (Lipinski definition) is 2. The molecule has 0 bridgehead atoms. The normalized spacial score (nSPS) is 14.7. The van der Waals surface area contributed by atoms with Crippen molar-refractivity contribution < 1.29 is 13.2 Å². The third-order valence-corrected chi connectivity index (χ3v) is 5.56. The molecule has 1 amide bonds. The van der Waals surface area contributed by atoms with Crippen LogP contribution in [0.3, 0.4) is 0 Å². The van der Waals surface area contributed by atoms with Crippen molar-refractivity contribution in [2.45, 2.75) is 44.7 Å². The first-order valence-corrected chi connectivity index (χ1v) is 8.90. The first-order chi connectivity index (χ1) is 10.4. The Bertz CT molecular complexity index is 652. The van der Waals surface area contributed by atoms with Gasteiger partial charge in [0.05, 0.1) is 17.0 Å². The van der Waals surface area contributed by atoms with Gasteiger partial charge in [-0.2, -0.15) is 0 Å². The van der Waals surface area contributed by atoms with Gasteiger partial charge in [-0.25, -0.2) is 12.7 Å². The lowest BCUT2D eigenvalue weighted by Crippen LogP contribution is -2.49. The molecular formula is C16H28ClN3O3S. The Labute approximate surface area is 151 Å². The standard InChI is InChI=1S/C16H27N3O3S.ClH/c1-11(18-15(20)14(17)16(2,3)4)12-7-9-13(10-8-12)23(21,22)19(5)6;/h7-11,14H,17H2,1-6H3,(H,18,20);1H/t11?,14-;/m1./s1. The number of rotatable bonds is 5. The molecule has 0 saturated heterocycles. The fourth-order valence-corrected chi connectivity index (χ4v) is 2.82. The molecule has 6 nitrogen and oxygen atoms in total. The van der Waals surface area contributed by atoms with Crippen LogP contribution in [0.4, 0.5) is 0 Å². The highest BCUT2D eigenvalue weighted by Gasteiger charge is 2.28.